The number of hydrogen-bond acceptors (Lipinski definition) is 6. The summed E-state index contributed by atoms with van der Waals surface area (Å²) < 4.78 is 12.6. The topological polar surface area (TPSA) is 89.7 Å². The summed E-state index contributed by atoms with van der Waals surface area (Å²) in [7, 11) is 0. The molecule has 0 bridgehead atoms. The summed E-state index contributed by atoms with van der Waals surface area (Å²) >= 11 is 0. The van der Waals surface area contributed by atoms with E-state index in [2.05, 4.69) is 59.4 Å². The molecule has 0 fully saturated rings. The molecule has 0 aliphatic carbocycles. The fourth-order valence-electron chi connectivity index (χ4n) is 3.81. The molecule has 1 aromatic carbocycles. The van der Waals surface area contributed by atoms with Crippen LogP contribution in [0, 0.1) is 13.8 Å². The lowest BCUT2D eigenvalue weighted by Gasteiger charge is -2.34. The second-order valence-corrected chi connectivity index (χ2v) is 7.94. The Morgan fingerprint density at radius 3 is 2.71 bits per heavy atom. The number of furan rings is 1. The van der Waals surface area contributed by atoms with Crippen LogP contribution < -0.4 is 4.74 Å². The third-order valence-electron chi connectivity index (χ3n) is 5.55. The SMILES string of the molecule is Cc1c2c(c3cc(-c4ccc(-c5nn[nH]n5)nc4)oc3c1C)CCC(C)(C)O2. The minimum absolute atomic E-state index is 0.140. The molecule has 0 spiro atoms. The van der Waals surface area contributed by atoms with Gasteiger partial charge in [-0.1, -0.05) is 0 Å². The number of nitrogens with zero attached hydrogens (tertiary/aromatic N) is 4. The second kappa shape index (κ2) is 5.89. The zero-order valence-electron chi connectivity index (χ0n) is 16.3. The van der Waals surface area contributed by atoms with Crippen molar-refractivity contribution in [3.63, 3.8) is 0 Å². The summed E-state index contributed by atoms with van der Waals surface area (Å²) in [5, 5.41) is 15.1. The van der Waals surface area contributed by atoms with E-state index in [-0.39, 0.29) is 5.60 Å². The first kappa shape index (κ1) is 16.9. The van der Waals surface area contributed by atoms with Gasteiger partial charge in [-0.2, -0.15) is 5.21 Å². The van der Waals surface area contributed by atoms with Crippen molar-refractivity contribution in [3.05, 3.63) is 41.1 Å². The Balaban J connectivity index is 1.62. The van der Waals surface area contributed by atoms with E-state index in [0.717, 1.165) is 52.0 Å². The van der Waals surface area contributed by atoms with E-state index in [1.807, 2.05) is 12.1 Å². The largest absolute Gasteiger partial charge is 0.487 e. The normalized spacial score (nSPS) is 15.4. The maximum atomic E-state index is 6.33. The number of aromatic amines is 1. The van der Waals surface area contributed by atoms with Crippen molar-refractivity contribution in [2.24, 2.45) is 0 Å². The third-order valence-corrected chi connectivity index (χ3v) is 5.55. The van der Waals surface area contributed by atoms with Gasteiger partial charge in [-0.15, -0.1) is 10.2 Å². The van der Waals surface area contributed by atoms with Gasteiger partial charge in [0, 0.05) is 22.7 Å². The number of ether oxygens (including phenoxy) is 1. The smallest absolute Gasteiger partial charge is 0.222 e. The number of hydrogen-bond donors (Lipinski definition) is 1. The van der Waals surface area contributed by atoms with Crippen molar-refractivity contribution in [2.45, 2.75) is 46.1 Å². The van der Waals surface area contributed by atoms with Gasteiger partial charge in [0.1, 0.15) is 28.4 Å². The molecule has 142 valence electrons. The Labute approximate surface area is 162 Å². The predicted molar refractivity (Wildman–Crippen MR) is 105 cm³/mol. The van der Waals surface area contributed by atoms with Gasteiger partial charge >= 0.3 is 0 Å². The number of aromatic nitrogens is 5. The summed E-state index contributed by atoms with van der Waals surface area (Å²) in [4.78, 5) is 4.44. The fraction of sp³-hybridized carbons (Fsp3) is 0.333. The molecule has 0 saturated carbocycles. The quantitative estimate of drug-likeness (QED) is 0.559. The molecule has 1 aliphatic rings. The molecule has 1 aliphatic heterocycles. The molecule has 0 atom stereocenters. The fourth-order valence-corrected chi connectivity index (χ4v) is 3.81. The van der Waals surface area contributed by atoms with Gasteiger partial charge in [0.05, 0.1) is 0 Å². The number of fused-ring (bicyclic) bond motifs is 3. The van der Waals surface area contributed by atoms with E-state index in [9.17, 15) is 0 Å². The summed E-state index contributed by atoms with van der Waals surface area (Å²) in [5.41, 5.74) is 5.87. The molecule has 0 saturated heterocycles. The number of pyridine rings is 1. The number of benzene rings is 1. The highest BCUT2D eigenvalue weighted by Gasteiger charge is 2.31. The van der Waals surface area contributed by atoms with Crippen LogP contribution in [0.3, 0.4) is 0 Å². The van der Waals surface area contributed by atoms with Crippen LogP contribution in [0.2, 0.25) is 0 Å². The van der Waals surface area contributed by atoms with Crippen molar-refractivity contribution in [1.82, 2.24) is 25.6 Å². The Morgan fingerprint density at radius 2 is 2.00 bits per heavy atom. The molecule has 4 heterocycles. The summed E-state index contributed by atoms with van der Waals surface area (Å²) in [6, 6.07) is 5.94. The number of H-pyrrole nitrogens is 1. The first-order chi connectivity index (χ1) is 13.4. The summed E-state index contributed by atoms with van der Waals surface area (Å²) in [6.07, 6.45) is 3.74. The molecule has 5 rings (SSSR count). The Hall–Kier alpha value is -3.22. The predicted octanol–water partition coefficient (Wildman–Crippen LogP) is 4.40. The van der Waals surface area contributed by atoms with E-state index in [1.165, 1.54) is 5.56 Å². The zero-order valence-corrected chi connectivity index (χ0v) is 16.3. The molecule has 1 N–H and O–H groups in total. The molecule has 0 radical (unpaired) electrons. The first-order valence-electron chi connectivity index (χ1n) is 9.38. The van der Waals surface area contributed by atoms with E-state index >= 15 is 0 Å². The van der Waals surface area contributed by atoms with Crippen molar-refractivity contribution in [1.29, 1.82) is 0 Å². The number of tetrazole rings is 1. The molecule has 0 unspecified atom stereocenters. The highest BCUT2D eigenvalue weighted by Crippen LogP contribution is 2.44. The van der Waals surface area contributed by atoms with Crippen molar-refractivity contribution in [3.8, 4) is 28.6 Å². The van der Waals surface area contributed by atoms with E-state index < -0.39 is 0 Å². The molecule has 7 nitrogen and oxygen atoms in total. The monoisotopic (exact) mass is 375 g/mol. The van der Waals surface area contributed by atoms with Crippen LogP contribution in [0.15, 0.2) is 28.8 Å². The van der Waals surface area contributed by atoms with Gasteiger partial charge in [0.2, 0.25) is 5.82 Å². The lowest BCUT2D eigenvalue weighted by Crippen LogP contribution is -2.33. The number of rotatable bonds is 2. The van der Waals surface area contributed by atoms with Gasteiger partial charge in [0.15, 0.2) is 0 Å². The minimum Gasteiger partial charge on any atom is -0.487 e. The van der Waals surface area contributed by atoms with Gasteiger partial charge in [-0.05, 0) is 75.1 Å². The van der Waals surface area contributed by atoms with Gasteiger partial charge < -0.3 is 9.15 Å². The average molecular weight is 375 g/mol. The second-order valence-electron chi connectivity index (χ2n) is 7.94. The molecule has 0 amide bonds. The zero-order chi connectivity index (χ0) is 19.5. The lowest BCUT2D eigenvalue weighted by atomic mass is 9.89. The lowest BCUT2D eigenvalue weighted by molar-refractivity contribution is 0.0842. The Kier molecular flexibility index (Phi) is 3.56. The van der Waals surface area contributed by atoms with Crippen LogP contribution in [-0.2, 0) is 6.42 Å². The molecule has 4 aromatic rings. The molecule has 28 heavy (non-hydrogen) atoms. The third kappa shape index (κ3) is 2.58. The standard InChI is InChI=1S/C21H21N5O2/c1-11-12(2)19-14(7-8-21(3,4)28-19)15-9-17(27-18(11)15)13-5-6-16(22-10-13)20-23-25-26-24-20/h5-6,9-10H,7-8H2,1-4H3,(H,23,24,25,26). The van der Waals surface area contributed by atoms with Crippen molar-refractivity contribution >= 4 is 11.0 Å². The Morgan fingerprint density at radius 1 is 1.14 bits per heavy atom. The van der Waals surface area contributed by atoms with Crippen LogP contribution >= 0.6 is 0 Å². The molecular weight excluding hydrogens is 354 g/mol. The molecule has 3 aromatic heterocycles. The Bertz CT molecular complexity index is 1170. The van der Waals surface area contributed by atoms with Crippen molar-refractivity contribution < 1.29 is 9.15 Å². The minimum atomic E-state index is -0.140. The number of aryl methyl sites for hydroxylation is 2. The van der Waals surface area contributed by atoms with Gasteiger partial charge in [-0.3, -0.25) is 4.98 Å². The molecule has 7 heteroatoms. The van der Waals surface area contributed by atoms with E-state index in [0.29, 0.717) is 11.5 Å². The van der Waals surface area contributed by atoms with Gasteiger partial charge in [0.25, 0.3) is 0 Å². The number of nitrogens with one attached hydrogen (secondary N) is 1. The van der Waals surface area contributed by atoms with E-state index in [1.54, 1.807) is 6.20 Å². The first-order valence-corrected chi connectivity index (χ1v) is 9.38. The van der Waals surface area contributed by atoms with Crippen LogP contribution in [0.1, 0.15) is 37.0 Å². The van der Waals surface area contributed by atoms with Crippen LogP contribution in [0.4, 0.5) is 0 Å². The van der Waals surface area contributed by atoms with Crippen molar-refractivity contribution in [2.75, 3.05) is 0 Å². The van der Waals surface area contributed by atoms with Crippen LogP contribution in [-0.4, -0.2) is 31.2 Å². The maximum absolute atomic E-state index is 6.33. The van der Waals surface area contributed by atoms with E-state index in [4.69, 9.17) is 9.15 Å². The van der Waals surface area contributed by atoms with Gasteiger partial charge in [-0.25, -0.2) is 0 Å². The van der Waals surface area contributed by atoms with Crippen LogP contribution in [0.25, 0.3) is 33.8 Å². The summed E-state index contributed by atoms with van der Waals surface area (Å²) in [5.74, 6) is 2.28. The van der Waals surface area contributed by atoms with Crippen LogP contribution in [0.5, 0.6) is 5.75 Å². The highest BCUT2D eigenvalue weighted by molar-refractivity contribution is 5.91. The maximum Gasteiger partial charge on any atom is 0.222 e. The highest BCUT2D eigenvalue weighted by atomic mass is 16.5. The molecular formula is C21H21N5O2. The average Bonchev–Trinajstić information content (AvgIpc) is 3.36. The summed E-state index contributed by atoms with van der Waals surface area (Å²) in [6.45, 7) is 8.49.